The standard InChI is InChI=1S/C15H26F3NO2/c1-10(20)8-14(2,3)9-19-13(21)11-6-4-5-7-12(11)15(16,17)18/h10-12,20H,4-9H2,1-3H3,(H,19,21). The zero-order valence-corrected chi connectivity index (χ0v) is 13.0. The van der Waals surface area contributed by atoms with E-state index in [0.717, 1.165) is 0 Å². The molecule has 2 N–H and O–H groups in total. The van der Waals surface area contributed by atoms with Crippen LogP contribution >= 0.6 is 0 Å². The summed E-state index contributed by atoms with van der Waals surface area (Å²) in [6.07, 6.45) is -2.79. The number of aliphatic hydroxyl groups excluding tert-OH is 1. The minimum Gasteiger partial charge on any atom is -0.393 e. The van der Waals surface area contributed by atoms with Gasteiger partial charge in [-0.1, -0.05) is 26.7 Å². The highest BCUT2D eigenvalue weighted by atomic mass is 19.4. The Balaban J connectivity index is 2.61. The summed E-state index contributed by atoms with van der Waals surface area (Å²) >= 11 is 0. The fourth-order valence-electron chi connectivity index (χ4n) is 3.17. The zero-order valence-electron chi connectivity index (χ0n) is 13.0. The van der Waals surface area contributed by atoms with Crippen LogP contribution in [0.5, 0.6) is 0 Å². The van der Waals surface area contributed by atoms with E-state index in [1.54, 1.807) is 6.92 Å². The van der Waals surface area contributed by atoms with Crippen molar-refractivity contribution in [3.8, 4) is 0 Å². The van der Waals surface area contributed by atoms with E-state index in [4.69, 9.17) is 0 Å². The van der Waals surface area contributed by atoms with Crippen molar-refractivity contribution in [2.45, 2.75) is 65.2 Å². The van der Waals surface area contributed by atoms with E-state index < -0.39 is 30.0 Å². The average molecular weight is 309 g/mol. The van der Waals surface area contributed by atoms with Crippen molar-refractivity contribution in [3.05, 3.63) is 0 Å². The third kappa shape index (κ3) is 5.85. The van der Waals surface area contributed by atoms with Crippen molar-refractivity contribution >= 4 is 5.91 Å². The van der Waals surface area contributed by atoms with Crippen molar-refractivity contribution in [1.29, 1.82) is 0 Å². The molecule has 0 radical (unpaired) electrons. The SMILES string of the molecule is CC(O)CC(C)(C)CNC(=O)C1CCCCC1C(F)(F)F. The lowest BCUT2D eigenvalue weighted by atomic mass is 9.78. The molecule has 21 heavy (non-hydrogen) atoms. The molecule has 3 nitrogen and oxygen atoms in total. The van der Waals surface area contributed by atoms with Gasteiger partial charge in [-0.05, 0) is 31.6 Å². The Morgan fingerprint density at radius 1 is 1.29 bits per heavy atom. The van der Waals surface area contributed by atoms with Gasteiger partial charge in [-0.25, -0.2) is 0 Å². The van der Waals surface area contributed by atoms with Gasteiger partial charge in [0.1, 0.15) is 0 Å². The van der Waals surface area contributed by atoms with Crippen LogP contribution in [0.2, 0.25) is 0 Å². The Labute approximate surface area is 124 Å². The van der Waals surface area contributed by atoms with Crippen LogP contribution in [-0.4, -0.2) is 29.8 Å². The first-order chi connectivity index (χ1) is 9.53. The van der Waals surface area contributed by atoms with Crippen LogP contribution in [0.15, 0.2) is 0 Å². The van der Waals surface area contributed by atoms with Crippen LogP contribution in [0.25, 0.3) is 0 Å². The number of amides is 1. The topological polar surface area (TPSA) is 49.3 Å². The van der Waals surface area contributed by atoms with Crippen molar-refractivity contribution in [3.63, 3.8) is 0 Å². The zero-order chi connectivity index (χ0) is 16.3. The molecule has 3 atom stereocenters. The molecule has 0 heterocycles. The summed E-state index contributed by atoms with van der Waals surface area (Å²) in [5, 5.41) is 12.0. The molecule has 0 saturated heterocycles. The van der Waals surface area contributed by atoms with E-state index in [1.807, 2.05) is 13.8 Å². The fourth-order valence-corrected chi connectivity index (χ4v) is 3.17. The van der Waals surface area contributed by atoms with Crippen LogP contribution in [0.4, 0.5) is 13.2 Å². The van der Waals surface area contributed by atoms with Crippen LogP contribution in [0.1, 0.15) is 52.9 Å². The number of aliphatic hydroxyl groups is 1. The molecule has 0 aromatic heterocycles. The molecule has 1 fully saturated rings. The third-order valence-electron chi connectivity index (χ3n) is 4.11. The van der Waals surface area contributed by atoms with Gasteiger partial charge in [0.25, 0.3) is 0 Å². The van der Waals surface area contributed by atoms with Crippen molar-refractivity contribution in [2.24, 2.45) is 17.3 Å². The predicted octanol–water partition coefficient (Wildman–Crippen LogP) is 3.27. The van der Waals surface area contributed by atoms with Gasteiger partial charge < -0.3 is 10.4 Å². The first kappa shape index (κ1) is 18.3. The lowest BCUT2D eigenvalue weighted by Crippen LogP contribution is -2.45. The Kier molecular flexibility index (Phi) is 6.08. The van der Waals surface area contributed by atoms with Crippen LogP contribution in [0.3, 0.4) is 0 Å². The summed E-state index contributed by atoms with van der Waals surface area (Å²) < 4.78 is 39.0. The second kappa shape index (κ2) is 6.99. The molecular formula is C15H26F3NO2. The molecule has 0 aromatic rings. The highest BCUT2D eigenvalue weighted by Crippen LogP contribution is 2.41. The maximum absolute atomic E-state index is 13.0. The number of hydrogen-bond donors (Lipinski definition) is 2. The van der Waals surface area contributed by atoms with Gasteiger partial charge in [0.15, 0.2) is 0 Å². The largest absolute Gasteiger partial charge is 0.393 e. The third-order valence-corrected chi connectivity index (χ3v) is 4.11. The molecule has 0 aromatic carbocycles. The monoisotopic (exact) mass is 309 g/mol. The molecule has 3 unspecified atom stereocenters. The summed E-state index contributed by atoms with van der Waals surface area (Å²) in [5.41, 5.74) is -0.341. The minimum atomic E-state index is -4.31. The average Bonchev–Trinajstić information content (AvgIpc) is 2.33. The molecule has 0 bridgehead atoms. The summed E-state index contributed by atoms with van der Waals surface area (Å²) in [7, 11) is 0. The van der Waals surface area contributed by atoms with Gasteiger partial charge in [0, 0.05) is 12.5 Å². The molecule has 0 aliphatic heterocycles. The fraction of sp³-hybridized carbons (Fsp3) is 0.933. The summed E-state index contributed by atoms with van der Waals surface area (Å²) in [6.45, 7) is 5.69. The normalized spacial score (nSPS) is 25.5. The van der Waals surface area contributed by atoms with Crippen molar-refractivity contribution in [2.75, 3.05) is 6.54 Å². The van der Waals surface area contributed by atoms with Gasteiger partial charge in [0.05, 0.1) is 12.0 Å². The number of nitrogens with one attached hydrogen (secondary N) is 1. The highest BCUT2D eigenvalue weighted by molar-refractivity contribution is 5.79. The van der Waals surface area contributed by atoms with Crippen LogP contribution < -0.4 is 5.32 Å². The lowest BCUT2D eigenvalue weighted by Gasteiger charge is -2.33. The number of hydrogen-bond acceptors (Lipinski definition) is 2. The second-order valence-electron chi connectivity index (χ2n) is 6.97. The summed E-state index contributed by atoms with van der Waals surface area (Å²) in [4.78, 5) is 12.1. The quantitative estimate of drug-likeness (QED) is 0.819. The summed E-state index contributed by atoms with van der Waals surface area (Å²) in [6, 6.07) is 0. The predicted molar refractivity (Wildman–Crippen MR) is 74.6 cm³/mol. The van der Waals surface area contributed by atoms with Crippen molar-refractivity contribution < 1.29 is 23.1 Å². The number of rotatable bonds is 5. The number of alkyl halides is 3. The van der Waals surface area contributed by atoms with E-state index >= 15 is 0 Å². The first-order valence-electron chi connectivity index (χ1n) is 7.55. The molecule has 1 saturated carbocycles. The Bertz CT molecular complexity index is 353. The van der Waals surface area contributed by atoms with Crippen molar-refractivity contribution in [1.82, 2.24) is 5.32 Å². The van der Waals surface area contributed by atoms with E-state index in [2.05, 4.69) is 5.32 Å². The smallest absolute Gasteiger partial charge is 0.392 e. The molecule has 1 rings (SSSR count). The van der Waals surface area contributed by atoms with Gasteiger partial charge in [-0.2, -0.15) is 13.2 Å². The summed E-state index contributed by atoms with van der Waals surface area (Å²) in [5.74, 6) is -3.00. The minimum absolute atomic E-state index is 0.0403. The maximum Gasteiger partial charge on any atom is 0.392 e. The van der Waals surface area contributed by atoms with Gasteiger partial charge in [-0.3, -0.25) is 4.79 Å². The Hall–Kier alpha value is -0.780. The highest BCUT2D eigenvalue weighted by Gasteiger charge is 2.48. The second-order valence-corrected chi connectivity index (χ2v) is 6.97. The van der Waals surface area contributed by atoms with Gasteiger partial charge in [-0.15, -0.1) is 0 Å². The molecule has 1 aliphatic carbocycles. The van der Waals surface area contributed by atoms with Crippen LogP contribution in [-0.2, 0) is 4.79 Å². The Morgan fingerprint density at radius 2 is 1.86 bits per heavy atom. The number of carbonyl (C=O) groups is 1. The molecule has 1 aliphatic rings. The van der Waals surface area contributed by atoms with E-state index in [1.165, 1.54) is 0 Å². The van der Waals surface area contributed by atoms with E-state index in [-0.39, 0.29) is 18.4 Å². The Morgan fingerprint density at radius 3 is 2.38 bits per heavy atom. The lowest BCUT2D eigenvalue weighted by molar-refractivity contribution is -0.198. The first-order valence-corrected chi connectivity index (χ1v) is 7.55. The maximum atomic E-state index is 13.0. The van der Waals surface area contributed by atoms with Gasteiger partial charge in [0.2, 0.25) is 5.91 Å². The van der Waals surface area contributed by atoms with E-state index in [0.29, 0.717) is 25.7 Å². The number of halogens is 3. The van der Waals surface area contributed by atoms with Gasteiger partial charge >= 0.3 is 6.18 Å². The molecule has 6 heteroatoms. The molecular weight excluding hydrogens is 283 g/mol. The molecule has 1 amide bonds. The molecule has 124 valence electrons. The van der Waals surface area contributed by atoms with Crippen LogP contribution in [0, 0.1) is 17.3 Å². The van der Waals surface area contributed by atoms with E-state index in [9.17, 15) is 23.1 Å². The molecule has 0 spiro atoms. The number of carbonyl (C=O) groups excluding carboxylic acids is 1.